The van der Waals surface area contributed by atoms with Gasteiger partial charge in [-0.15, -0.1) is 0 Å². The second-order valence-electron chi connectivity index (χ2n) is 2.47. The molecule has 1 aromatic heterocycles. The maximum atomic E-state index is 10.8. The predicted octanol–water partition coefficient (Wildman–Crippen LogP) is 1.14. The van der Waals surface area contributed by atoms with Crippen molar-refractivity contribution in [2.45, 2.75) is 20.8 Å². The maximum Gasteiger partial charge on any atom is 0.263 e. The Hall–Kier alpha value is -1.65. The lowest BCUT2D eigenvalue weighted by Gasteiger charge is -2.15. The van der Waals surface area contributed by atoms with E-state index in [-0.39, 0.29) is 12.5 Å². The average Bonchev–Trinajstić information content (AvgIpc) is 2.20. The molecule has 0 saturated heterocycles. The molecule has 1 amide bonds. The number of hydrogen-bond acceptors (Lipinski definition) is 4. The number of amides is 1. The Bertz CT molecular complexity index is 339. The molecule has 14 heavy (non-hydrogen) atoms. The minimum absolute atomic E-state index is 0.0411. The van der Waals surface area contributed by atoms with Crippen LogP contribution in [-0.2, 0) is 4.79 Å². The smallest absolute Gasteiger partial charge is 0.263 e. The van der Waals surface area contributed by atoms with Gasteiger partial charge in [0.2, 0.25) is 0 Å². The molecule has 5 heteroatoms. The highest BCUT2D eigenvalue weighted by Crippen LogP contribution is 2.23. The van der Waals surface area contributed by atoms with Gasteiger partial charge >= 0.3 is 0 Å². The number of ether oxygens (including phenoxy) is 1. The summed E-state index contributed by atoms with van der Waals surface area (Å²) in [4.78, 5) is 18.8. The van der Waals surface area contributed by atoms with Crippen molar-refractivity contribution in [2.24, 2.45) is 0 Å². The van der Waals surface area contributed by atoms with Crippen LogP contribution in [0.2, 0.25) is 0 Å². The molecule has 76 valence electrons. The van der Waals surface area contributed by atoms with E-state index in [0.717, 1.165) is 0 Å². The van der Waals surface area contributed by atoms with Crippen molar-refractivity contribution in [3.63, 3.8) is 0 Å². The summed E-state index contributed by atoms with van der Waals surface area (Å²) in [5.74, 6) is 1.42. The van der Waals surface area contributed by atoms with E-state index in [2.05, 4.69) is 15.3 Å². The summed E-state index contributed by atoms with van der Waals surface area (Å²) in [7, 11) is 0. The quantitative estimate of drug-likeness (QED) is 0.674. The minimum Gasteiger partial charge on any atom is -0.478 e. The maximum absolute atomic E-state index is 10.8. The molecule has 1 aromatic rings. The Labute approximate surface area is 82.5 Å². The summed E-state index contributed by atoms with van der Waals surface area (Å²) in [5.41, 5.74) is 0. The van der Waals surface area contributed by atoms with E-state index in [4.69, 9.17) is 4.74 Å². The van der Waals surface area contributed by atoms with E-state index in [1.807, 2.05) is 13.8 Å². The standard InChI is InChI=1S/C7H7N3O2.C2H6/c1-4-8-2-5-7(9-4)10-6(11)3-12-5;1-2/h2H,3H2,1H3,(H,8,9,10,11);1-2H3. The molecule has 1 aliphatic heterocycles. The highest BCUT2D eigenvalue weighted by Gasteiger charge is 2.16. The molecule has 2 heterocycles. The van der Waals surface area contributed by atoms with Gasteiger partial charge in [0.15, 0.2) is 18.2 Å². The van der Waals surface area contributed by atoms with Crippen molar-refractivity contribution in [2.75, 3.05) is 11.9 Å². The third kappa shape index (κ3) is 2.18. The zero-order valence-corrected chi connectivity index (χ0v) is 8.50. The third-order valence-electron chi connectivity index (χ3n) is 1.49. The topological polar surface area (TPSA) is 64.1 Å². The molecule has 0 saturated carbocycles. The van der Waals surface area contributed by atoms with Crippen LogP contribution in [0.15, 0.2) is 6.20 Å². The van der Waals surface area contributed by atoms with Crippen LogP contribution in [0.4, 0.5) is 5.82 Å². The Morgan fingerprint density at radius 3 is 2.93 bits per heavy atom. The average molecular weight is 195 g/mol. The van der Waals surface area contributed by atoms with Gasteiger partial charge in [-0.2, -0.15) is 0 Å². The van der Waals surface area contributed by atoms with Gasteiger partial charge in [-0.1, -0.05) is 13.8 Å². The van der Waals surface area contributed by atoms with Crippen molar-refractivity contribution in [1.29, 1.82) is 0 Å². The molecule has 0 atom stereocenters. The van der Waals surface area contributed by atoms with Gasteiger partial charge in [0, 0.05) is 0 Å². The number of nitrogens with zero attached hydrogens (tertiary/aromatic N) is 2. The number of carbonyl (C=O) groups excluding carboxylic acids is 1. The summed E-state index contributed by atoms with van der Waals surface area (Å²) < 4.78 is 5.05. The highest BCUT2D eigenvalue weighted by atomic mass is 16.5. The zero-order valence-electron chi connectivity index (χ0n) is 8.50. The molecule has 0 aliphatic carbocycles. The normalized spacial score (nSPS) is 12.9. The zero-order chi connectivity index (χ0) is 10.6. The number of nitrogens with one attached hydrogen (secondary N) is 1. The molecule has 1 N–H and O–H groups in total. The number of fused-ring (bicyclic) bond motifs is 1. The highest BCUT2D eigenvalue weighted by molar-refractivity contribution is 5.93. The van der Waals surface area contributed by atoms with Crippen LogP contribution in [0.1, 0.15) is 19.7 Å². The first-order valence-corrected chi connectivity index (χ1v) is 4.52. The van der Waals surface area contributed by atoms with Gasteiger partial charge in [-0.3, -0.25) is 4.79 Å². The Morgan fingerprint density at radius 2 is 2.21 bits per heavy atom. The number of anilines is 1. The second kappa shape index (κ2) is 4.55. The minimum atomic E-state index is -0.180. The molecule has 0 aromatic carbocycles. The first kappa shape index (κ1) is 10.4. The van der Waals surface area contributed by atoms with Crippen LogP contribution in [-0.4, -0.2) is 22.5 Å². The number of hydrogen-bond donors (Lipinski definition) is 1. The molecule has 2 rings (SSSR count). The van der Waals surface area contributed by atoms with E-state index in [1.165, 1.54) is 0 Å². The predicted molar refractivity (Wildman–Crippen MR) is 52.2 cm³/mol. The fourth-order valence-corrected chi connectivity index (χ4v) is 0.966. The molecule has 0 spiro atoms. The van der Waals surface area contributed by atoms with Gasteiger partial charge in [0.25, 0.3) is 5.91 Å². The van der Waals surface area contributed by atoms with Gasteiger partial charge in [-0.25, -0.2) is 9.97 Å². The fourth-order valence-electron chi connectivity index (χ4n) is 0.966. The van der Waals surface area contributed by atoms with Crippen LogP contribution < -0.4 is 10.1 Å². The van der Waals surface area contributed by atoms with Crippen LogP contribution >= 0.6 is 0 Å². The van der Waals surface area contributed by atoms with E-state index < -0.39 is 0 Å². The summed E-state index contributed by atoms with van der Waals surface area (Å²) in [5, 5.41) is 2.59. The van der Waals surface area contributed by atoms with Gasteiger partial charge in [0.1, 0.15) is 5.82 Å². The van der Waals surface area contributed by atoms with E-state index >= 15 is 0 Å². The van der Waals surface area contributed by atoms with Crippen LogP contribution in [0, 0.1) is 6.92 Å². The van der Waals surface area contributed by atoms with Gasteiger partial charge in [0.05, 0.1) is 6.20 Å². The summed E-state index contributed by atoms with van der Waals surface area (Å²) in [6, 6.07) is 0. The first-order valence-electron chi connectivity index (χ1n) is 4.52. The molecule has 0 radical (unpaired) electrons. The van der Waals surface area contributed by atoms with Gasteiger partial charge in [-0.05, 0) is 6.92 Å². The second-order valence-corrected chi connectivity index (χ2v) is 2.47. The lowest BCUT2D eigenvalue weighted by molar-refractivity contribution is -0.118. The number of carbonyl (C=O) groups is 1. The SMILES string of the molecule is CC.Cc1ncc2c(n1)NC(=O)CO2. The largest absolute Gasteiger partial charge is 0.478 e. The van der Waals surface area contributed by atoms with Crippen molar-refractivity contribution < 1.29 is 9.53 Å². The molecule has 0 unspecified atom stereocenters. The molecule has 0 bridgehead atoms. The van der Waals surface area contributed by atoms with Crippen molar-refractivity contribution >= 4 is 11.7 Å². The number of rotatable bonds is 0. The molecule has 1 aliphatic rings. The van der Waals surface area contributed by atoms with Crippen molar-refractivity contribution in [3.05, 3.63) is 12.0 Å². The summed E-state index contributed by atoms with van der Waals surface area (Å²) >= 11 is 0. The molecular formula is C9H13N3O2. The number of aromatic nitrogens is 2. The van der Waals surface area contributed by atoms with Crippen LogP contribution in [0.5, 0.6) is 5.75 Å². The summed E-state index contributed by atoms with van der Waals surface area (Å²) in [6.45, 7) is 5.79. The first-order chi connectivity index (χ1) is 6.75. The van der Waals surface area contributed by atoms with Crippen LogP contribution in [0.3, 0.4) is 0 Å². The van der Waals surface area contributed by atoms with Crippen molar-refractivity contribution in [1.82, 2.24) is 9.97 Å². The molecular weight excluding hydrogens is 182 g/mol. The van der Waals surface area contributed by atoms with E-state index in [1.54, 1.807) is 13.1 Å². The van der Waals surface area contributed by atoms with Gasteiger partial charge < -0.3 is 10.1 Å². The van der Waals surface area contributed by atoms with Crippen LogP contribution in [0.25, 0.3) is 0 Å². The lowest BCUT2D eigenvalue weighted by atomic mass is 10.4. The van der Waals surface area contributed by atoms with E-state index in [9.17, 15) is 4.79 Å². The van der Waals surface area contributed by atoms with E-state index in [0.29, 0.717) is 17.4 Å². The fraction of sp³-hybridized carbons (Fsp3) is 0.444. The third-order valence-corrected chi connectivity index (χ3v) is 1.49. The lowest BCUT2D eigenvalue weighted by Crippen LogP contribution is -2.26. The Kier molecular flexibility index (Phi) is 3.39. The van der Waals surface area contributed by atoms with Crippen molar-refractivity contribution in [3.8, 4) is 5.75 Å². The number of aryl methyl sites for hydroxylation is 1. The molecule has 0 fully saturated rings. The Balaban J connectivity index is 0.000000461. The monoisotopic (exact) mass is 195 g/mol. The summed E-state index contributed by atoms with van der Waals surface area (Å²) in [6.07, 6.45) is 1.55. The molecule has 5 nitrogen and oxygen atoms in total. The Morgan fingerprint density at radius 1 is 1.50 bits per heavy atom.